The minimum Gasteiger partial charge on any atom is -0.481 e. The van der Waals surface area contributed by atoms with Crippen LogP contribution in [0.1, 0.15) is 18.9 Å². The first-order valence-electron chi connectivity index (χ1n) is 8.55. The number of aliphatic carboxylic acids is 2. The van der Waals surface area contributed by atoms with Crippen molar-refractivity contribution in [3.63, 3.8) is 0 Å². The third-order valence-corrected chi connectivity index (χ3v) is 4.20. The van der Waals surface area contributed by atoms with Crippen molar-refractivity contribution < 1.29 is 29.4 Å². The number of carbonyl (C=O) groups excluding carboxylic acids is 2. The van der Waals surface area contributed by atoms with Crippen molar-refractivity contribution in [3.8, 4) is 0 Å². The van der Waals surface area contributed by atoms with Gasteiger partial charge in [-0.1, -0.05) is 18.2 Å². The van der Waals surface area contributed by atoms with E-state index in [1.165, 1.54) is 6.92 Å². The van der Waals surface area contributed by atoms with Crippen molar-refractivity contribution in [2.24, 2.45) is 5.73 Å². The summed E-state index contributed by atoms with van der Waals surface area (Å²) < 4.78 is 0. The third kappa shape index (κ3) is 5.30. The molecule has 0 fully saturated rings. The van der Waals surface area contributed by atoms with E-state index in [1.807, 2.05) is 24.3 Å². The molecule has 3 atom stereocenters. The van der Waals surface area contributed by atoms with Gasteiger partial charge in [0.05, 0.1) is 12.5 Å². The minimum absolute atomic E-state index is 0.0459. The Morgan fingerprint density at radius 2 is 1.79 bits per heavy atom. The molecule has 0 aliphatic carbocycles. The highest BCUT2D eigenvalue weighted by Gasteiger charge is 2.26. The standard InChI is InChI=1S/C18H22N4O6/c1-9(21-17(26)12(19)7-15(23)24)16(25)22-14(18(27)28)6-10-8-20-13-5-3-2-4-11(10)13/h2-5,8-9,12,14,20H,6-7,19H2,1H3,(H,21,26)(H,22,25)(H,23,24)(H,27,28)/t9-,12-,14-/m0/s1. The number of hydrogen-bond donors (Lipinski definition) is 6. The molecule has 2 aromatic rings. The van der Waals surface area contributed by atoms with Gasteiger partial charge in [0, 0.05) is 23.5 Å². The van der Waals surface area contributed by atoms with Gasteiger partial charge in [-0.2, -0.15) is 0 Å². The number of nitrogens with one attached hydrogen (secondary N) is 3. The van der Waals surface area contributed by atoms with E-state index in [0.29, 0.717) is 0 Å². The fourth-order valence-corrected chi connectivity index (χ4v) is 2.68. The zero-order chi connectivity index (χ0) is 20.8. The summed E-state index contributed by atoms with van der Waals surface area (Å²) in [5, 5.41) is 23.6. The highest BCUT2D eigenvalue weighted by Crippen LogP contribution is 2.19. The Morgan fingerprint density at radius 3 is 2.43 bits per heavy atom. The van der Waals surface area contributed by atoms with Crippen molar-refractivity contribution in [1.29, 1.82) is 0 Å². The van der Waals surface area contributed by atoms with E-state index in [-0.39, 0.29) is 6.42 Å². The molecule has 1 aromatic carbocycles. The summed E-state index contributed by atoms with van der Waals surface area (Å²) in [5.74, 6) is -4.00. The summed E-state index contributed by atoms with van der Waals surface area (Å²) in [4.78, 5) is 49.3. The van der Waals surface area contributed by atoms with Gasteiger partial charge < -0.3 is 31.6 Å². The molecule has 2 amide bonds. The predicted octanol–water partition coefficient (Wildman–Crippen LogP) is -0.413. The number of benzene rings is 1. The number of rotatable bonds is 9. The molecule has 2 rings (SSSR count). The second kappa shape index (κ2) is 9.00. The summed E-state index contributed by atoms with van der Waals surface area (Å²) >= 11 is 0. The van der Waals surface area contributed by atoms with Gasteiger partial charge in [-0.3, -0.25) is 14.4 Å². The molecule has 0 bridgehead atoms. The number of amides is 2. The van der Waals surface area contributed by atoms with Gasteiger partial charge in [0.1, 0.15) is 12.1 Å². The fraction of sp³-hybridized carbons (Fsp3) is 0.333. The molecule has 0 unspecified atom stereocenters. The first-order valence-corrected chi connectivity index (χ1v) is 8.55. The fourth-order valence-electron chi connectivity index (χ4n) is 2.68. The maximum atomic E-state index is 12.3. The third-order valence-electron chi connectivity index (χ3n) is 4.20. The summed E-state index contributed by atoms with van der Waals surface area (Å²) in [5.41, 5.74) is 7.01. The van der Waals surface area contributed by atoms with Crippen LogP contribution in [0.2, 0.25) is 0 Å². The van der Waals surface area contributed by atoms with Crippen LogP contribution in [-0.2, 0) is 25.6 Å². The monoisotopic (exact) mass is 390 g/mol. The molecule has 10 nitrogen and oxygen atoms in total. The largest absolute Gasteiger partial charge is 0.481 e. The molecule has 0 spiro atoms. The Bertz CT molecular complexity index is 893. The van der Waals surface area contributed by atoms with Crippen LogP contribution in [0.5, 0.6) is 0 Å². The number of H-pyrrole nitrogens is 1. The molecular weight excluding hydrogens is 368 g/mol. The summed E-state index contributed by atoms with van der Waals surface area (Å²) in [6.45, 7) is 1.35. The second-order valence-corrected chi connectivity index (χ2v) is 6.40. The highest BCUT2D eigenvalue weighted by atomic mass is 16.4. The van der Waals surface area contributed by atoms with E-state index in [4.69, 9.17) is 10.8 Å². The number of carboxylic acids is 2. The summed E-state index contributed by atoms with van der Waals surface area (Å²) in [6.07, 6.45) is 1.14. The van der Waals surface area contributed by atoms with Crippen LogP contribution in [0.3, 0.4) is 0 Å². The molecule has 1 heterocycles. The lowest BCUT2D eigenvalue weighted by Gasteiger charge is -2.20. The second-order valence-electron chi connectivity index (χ2n) is 6.40. The molecule has 0 saturated carbocycles. The molecule has 1 aromatic heterocycles. The number of hydrogen-bond acceptors (Lipinski definition) is 5. The Labute approximate surface area is 160 Å². The topological polar surface area (TPSA) is 175 Å². The summed E-state index contributed by atoms with van der Waals surface area (Å²) in [6, 6.07) is 3.76. The normalized spacial score (nSPS) is 14.1. The molecule has 0 radical (unpaired) electrons. The lowest BCUT2D eigenvalue weighted by Crippen LogP contribution is -2.53. The lowest BCUT2D eigenvalue weighted by atomic mass is 10.0. The van der Waals surface area contributed by atoms with Gasteiger partial charge >= 0.3 is 11.9 Å². The van der Waals surface area contributed by atoms with Crippen molar-refractivity contribution in [3.05, 3.63) is 36.0 Å². The number of carboxylic acid groups (broad SMARTS) is 2. The van der Waals surface area contributed by atoms with Crippen molar-refractivity contribution in [1.82, 2.24) is 15.6 Å². The smallest absolute Gasteiger partial charge is 0.326 e. The quantitative estimate of drug-likeness (QED) is 0.337. The van der Waals surface area contributed by atoms with E-state index in [0.717, 1.165) is 16.5 Å². The van der Waals surface area contributed by atoms with Crippen LogP contribution in [0.4, 0.5) is 0 Å². The molecule has 10 heteroatoms. The molecule has 28 heavy (non-hydrogen) atoms. The van der Waals surface area contributed by atoms with Crippen LogP contribution in [-0.4, -0.2) is 57.1 Å². The number of carbonyl (C=O) groups is 4. The van der Waals surface area contributed by atoms with Gasteiger partial charge in [-0.15, -0.1) is 0 Å². The zero-order valence-corrected chi connectivity index (χ0v) is 15.1. The average Bonchev–Trinajstić information content (AvgIpc) is 3.03. The van der Waals surface area contributed by atoms with E-state index in [1.54, 1.807) is 6.20 Å². The Hall–Kier alpha value is -3.40. The predicted molar refractivity (Wildman–Crippen MR) is 99.4 cm³/mol. The maximum absolute atomic E-state index is 12.3. The average molecular weight is 390 g/mol. The van der Waals surface area contributed by atoms with Gasteiger partial charge in [-0.05, 0) is 18.6 Å². The van der Waals surface area contributed by atoms with Crippen LogP contribution in [0, 0.1) is 0 Å². The molecule has 0 saturated heterocycles. The number of fused-ring (bicyclic) bond motifs is 1. The molecular formula is C18H22N4O6. The minimum atomic E-state index is -1.31. The van der Waals surface area contributed by atoms with Crippen molar-refractivity contribution >= 4 is 34.7 Å². The van der Waals surface area contributed by atoms with E-state index in [9.17, 15) is 24.3 Å². The van der Waals surface area contributed by atoms with Gasteiger partial charge in [0.25, 0.3) is 0 Å². The molecule has 150 valence electrons. The van der Waals surface area contributed by atoms with Gasteiger partial charge in [-0.25, -0.2) is 4.79 Å². The SMILES string of the molecule is C[C@H](NC(=O)[C@@H](N)CC(=O)O)C(=O)N[C@@H](Cc1c[nH]c2ccccc12)C(=O)O. The Morgan fingerprint density at radius 1 is 1.11 bits per heavy atom. The number of aromatic nitrogens is 1. The van der Waals surface area contributed by atoms with Crippen molar-refractivity contribution in [2.75, 3.05) is 0 Å². The van der Waals surface area contributed by atoms with Gasteiger partial charge in [0.15, 0.2) is 0 Å². The lowest BCUT2D eigenvalue weighted by molar-refractivity contribution is -0.142. The molecule has 7 N–H and O–H groups in total. The molecule has 0 aliphatic rings. The van der Waals surface area contributed by atoms with E-state index >= 15 is 0 Å². The Kier molecular flexibility index (Phi) is 6.72. The first-order chi connectivity index (χ1) is 13.2. The Balaban J connectivity index is 2.01. The number of nitrogens with two attached hydrogens (primary N) is 1. The molecule has 0 aliphatic heterocycles. The van der Waals surface area contributed by atoms with E-state index in [2.05, 4.69) is 15.6 Å². The van der Waals surface area contributed by atoms with Crippen LogP contribution < -0.4 is 16.4 Å². The zero-order valence-electron chi connectivity index (χ0n) is 15.1. The maximum Gasteiger partial charge on any atom is 0.326 e. The first kappa shape index (κ1) is 20.9. The van der Waals surface area contributed by atoms with E-state index < -0.39 is 48.3 Å². The van der Waals surface area contributed by atoms with Gasteiger partial charge in [0.2, 0.25) is 11.8 Å². The number of para-hydroxylation sites is 1. The number of aromatic amines is 1. The highest BCUT2D eigenvalue weighted by molar-refractivity contribution is 5.93. The van der Waals surface area contributed by atoms with Crippen LogP contribution >= 0.6 is 0 Å². The summed E-state index contributed by atoms with van der Waals surface area (Å²) in [7, 11) is 0. The van der Waals surface area contributed by atoms with Crippen molar-refractivity contribution in [2.45, 2.75) is 37.9 Å². The van der Waals surface area contributed by atoms with Crippen LogP contribution in [0.15, 0.2) is 30.5 Å². The van der Waals surface area contributed by atoms with Crippen LogP contribution in [0.25, 0.3) is 10.9 Å².